The minimum Gasteiger partial charge on any atom is -0.497 e. The number of ether oxygens (including phenoxy) is 1. The highest BCUT2D eigenvalue weighted by Gasteiger charge is 2.24. The number of hydrogen-bond donors (Lipinski definition) is 1. The summed E-state index contributed by atoms with van der Waals surface area (Å²) in [6.45, 7) is 3.39. The summed E-state index contributed by atoms with van der Waals surface area (Å²) >= 11 is 6.25. The normalized spacial score (nSPS) is 15.5. The molecule has 0 bridgehead atoms. The summed E-state index contributed by atoms with van der Waals surface area (Å²) < 4.78 is 5.16. The van der Waals surface area contributed by atoms with E-state index in [1.165, 1.54) is 5.56 Å². The average molecular weight is 387 g/mol. The van der Waals surface area contributed by atoms with Crippen molar-refractivity contribution in [2.45, 2.75) is 25.8 Å². The molecule has 0 aliphatic carbocycles. The SMILES string of the molecule is COc1ccc(CCNC(=O)C2CCN(Cc3ccccc3Cl)CC2)cc1. The molecule has 0 atom stereocenters. The van der Waals surface area contributed by atoms with Gasteiger partial charge in [-0.05, 0) is 61.7 Å². The molecule has 1 heterocycles. The van der Waals surface area contributed by atoms with E-state index in [1.54, 1.807) is 7.11 Å². The van der Waals surface area contributed by atoms with Crippen LogP contribution in [0.25, 0.3) is 0 Å². The topological polar surface area (TPSA) is 41.6 Å². The second-order valence-corrected chi connectivity index (χ2v) is 7.44. The summed E-state index contributed by atoms with van der Waals surface area (Å²) in [6.07, 6.45) is 2.64. The number of piperidine rings is 1. The molecule has 0 aromatic heterocycles. The van der Waals surface area contributed by atoms with Crippen LogP contribution in [-0.2, 0) is 17.8 Å². The Morgan fingerprint density at radius 1 is 1.15 bits per heavy atom. The van der Waals surface area contributed by atoms with E-state index >= 15 is 0 Å². The Hall–Kier alpha value is -2.04. The smallest absolute Gasteiger partial charge is 0.223 e. The van der Waals surface area contributed by atoms with Crippen LogP contribution in [-0.4, -0.2) is 37.6 Å². The van der Waals surface area contributed by atoms with Gasteiger partial charge in [-0.25, -0.2) is 0 Å². The molecule has 0 spiro atoms. The number of carbonyl (C=O) groups is 1. The first-order chi connectivity index (χ1) is 13.2. The quantitative estimate of drug-likeness (QED) is 0.784. The molecule has 5 heteroatoms. The van der Waals surface area contributed by atoms with Crippen molar-refractivity contribution in [1.82, 2.24) is 10.2 Å². The number of carbonyl (C=O) groups excluding carboxylic acids is 1. The van der Waals surface area contributed by atoms with Gasteiger partial charge in [0, 0.05) is 24.0 Å². The van der Waals surface area contributed by atoms with Gasteiger partial charge in [-0.3, -0.25) is 9.69 Å². The molecular weight excluding hydrogens is 360 g/mol. The maximum absolute atomic E-state index is 12.4. The highest BCUT2D eigenvalue weighted by atomic mass is 35.5. The zero-order valence-corrected chi connectivity index (χ0v) is 16.5. The van der Waals surface area contributed by atoms with Crippen LogP contribution < -0.4 is 10.1 Å². The number of methoxy groups -OCH3 is 1. The van der Waals surface area contributed by atoms with Gasteiger partial charge in [0.1, 0.15) is 5.75 Å². The predicted octanol–water partition coefficient (Wildman–Crippen LogP) is 3.92. The van der Waals surface area contributed by atoms with E-state index in [1.807, 2.05) is 42.5 Å². The van der Waals surface area contributed by atoms with Gasteiger partial charge in [-0.15, -0.1) is 0 Å². The number of benzene rings is 2. The summed E-state index contributed by atoms with van der Waals surface area (Å²) in [5.41, 5.74) is 2.35. The van der Waals surface area contributed by atoms with Gasteiger partial charge in [-0.1, -0.05) is 41.9 Å². The lowest BCUT2D eigenvalue weighted by atomic mass is 9.95. The van der Waals surface area contributed by atoms with E-state index in [0.717, 1.165) is 55.2 Å². The molecule has 1 N–H and O–H groups in total. The molecule has 2 aromatic carbocycles. The molecule has 0 unspecified atom stereocenters. The number of likely N-dealkylation sites (tertiary alicyclic amines) is 1. The Balaban J connectivity index is 1.38. The fraction of sp³-hybridized carbons (Fsp3) is 0.409. The maximum Gasteiger partial charge on any atom is 0.223 e. The van der Waals surface area contributed by atoms with Gasteiger partial charge in [0.05, 0.1) is 7.11 Å². The first-order valence-electron chi connectivity index (χ1n) is 9.52. The van der Waals surface area contributed by atoms with E-state index < -0.39 is 0 Å². The first-order valence-corrected chi connectivity index (χ1v) is 9.90. The number of hydrogen-bond acceptors (Lipinski definition) is 3. The zero-order valence-electron chi connectivity index (χ0n) is 15.8. The number of nitrogens with one attached hydrogen (secondary N) is 1. The van der Waals surface area contributed by atoms with Gasteiger partial charge in [0.15, 0.2) is 0 Å². The molecule has 1 amide bonds. The summed E-state index contributed by atoms with van der Waals surface area (Å²) in [5.74, 6) is 1.15. The Labute approximate surface area is 166 Å². The Morgan fingerprint density at radius 3 is 2.52 bits per heavy atom. The van der Waals surface area contributed by atoms with Crippen molar-refractivity contribution in [1.29, 1.82) is 0 Å². The first kappa shape index (κ1) is 19.7. The average Bonchev–Trinajstić information content (AvgIpc) is 2.71. The third kappa shape index (κ3) is 5.72. The van der Waals surface area contributed by atoms with E-state index in [-0.39, 0.29) is 11.8 Å². The summed E-state index contributed by atoms with van der Waals surface area (Å²) in [4.78, 5) is 14.8. The number of rotatable bonds is 7. The van der Waals surface area contributed by atoms with Gasteiger partial charge in [0.25, 0.3) is 0 Å². The van der Waals surface area contributed by atoms with Gasteiger partial charge < -0.3 is 10.1 Å². The van der Waals surface area contributed by atoms with Crippen molar-refractivity contribution in [3.05, 3.63) is 64.7 Å². The predicted molar refractivity (Wildman–Crippen MR) is 109 cm³/mol. The molecule has 1 fully saturated rings. The van der Waals surface area contributed by atoms with Crippen molar-refractivity contribution >= 4 is 17.5 Å². The van der Waals surface area contributed by atoms with Crippen LogP contribution >= 0.6 is 11.6 Å². The van der Waals surface area contributed by atoms with Crippen LogP contribution in [0.4, 0.5) is 0 Å². The maximum atomic E-state index is 12.4. The fourth-order valence-corrected chi connectivity index (χ4v) is 3.68. The third-order valence-electron chi connectivity index (χ3n) is 5.18. The third-order valence-corrected chi connectivity index (χ3v) is 5.55. The molecule has 2 aromatic rings. The minimum atomic E-state index is 0.114. The lowest BCUT2D eigenvalue weighted by molar-refractivity contribution is -0.126. The Morgan fingerprint density at radius 2 is 1.85 bits per heavy atom. The van der Waals surface area contributed by atoms with Crippen LogP contribution in [0.5, 0.6) is 5.75 Å². The van der Waals surface area contributed by atoms with E-state index in [2.05, 4.69) is 16.3 Å². The molecule has 144 valence electrons. The molecule has 0 saturated carbocycles. The van der Waals surface area contributed by atoms with Crippen molar-refractivity contribution in [3.63, 3.8) is 0 Å². The number of amides is 1. The molecule has 1 aliphatic heterocycles. The number of halogens is 1. The second-order valence-electron chi connectivity index (χ2n) is 7.03. The summed E-state index contributed by atoms with van der Waals surface area (Å²) in [5, 5.41) is 3.91. The Bertz CT molecular complexity index is 740. The highest BCUT2D eigenvalue weighted by molar-refractivity contribution is 6.31. The Kier molecular flexibility index (Phi) is 7.13. The lowest BCUT2D eigenvalue weighted by Gasteiger charge is -2.31. The molecule has 27 heavy (non-hydrogen) atoms. The molecule has 0 radical (unpaired) electrons. The van der Waals surface area contributed by atoms with Gasteiger partial charge in [-0.2, -0.15) is 0 Å². The molecular formula is C22H27ClN2O2. The standard InChI is InChI=1S/C22H27ClN2O2/c1-27-20-8-6-17(7-9-20)10-13-24-22(26)18-11-14-25(15-12-18)16-19-4-2-3-5-21(19)23/h2-9,18H,10-16H2,1H3,(H,24,26). The van der Waals surface area contributed by atoms with Gasteiger partial charge >= 0.3 is 0 Å². The van der Waals surface area contributed by atoms with Crippen molar-refractivity contribution in [2.75, 3.05) is 26.7 Å². The van der Waals surface area contributed by atoms with Crippen molar-refractivity contribution in [2.24, 2.45) is 5.92 Å². The molecule has 4 nitrogen and oxygen atoms in total. The van der Waals surface area contributed by atoms with E-state index in [4.69, 9.17) is 16.3 Å². The lowest BCUT2D eigenvalue weighted by Crippen LogP contribution is -2.40. The van der Waals surface area contributed by atoms with Crippen molar-refractivity contribution in [3.8, 4) is 5.75 Å². The highest BCUT2D eigenvalue weighted by Crippen LogP contribution is 2.22. The second kappa shape index (κ2) is 9.77. The van der Waals surface area contributed by atoms with Crippen LogP contribution in [0.15, 0.2) is 48.5 Å². The minimum absolute atomic E-state index is 0.114. The van der Waals surface area contributed by atoms with Crippen LogP contribution in [0, 0.1) is 5.92 Å². The summed E-state index contributed by atoms with van der Waals surface area (Å²) in [6, 6.07) is 16.0. The zero-order chi connectivity index (χ0) is 19.1. The van der Waals surface area contributed by atoms with Crippen LogP contribution in [0.1, 0.15) is 24.0 Å². The fourth-order valence-electron chi connectivity index (χ4n) is 3.49. The van der Waals surface area contributed by atoms with Crippen molar-refractivity contribution < 1.29 is 9.53 Å². The molecule has 3 rings (SSSR count). The molecule has 1 saturated heterocycles. The van der Waals surface area contributed by atoms with E-state index in [0.29, 0.717) is 6.54 Å². The van der Waals surface area contributed by atoms with Gasteiger partial charge in [0.2, 0.25) is 5.91 Å². The monoisotopic (exact) mass is 386 g/mol. The van der Waals surface area contributed by atoms with Crippen LogP contribution in [0.3, 0.4) is 0 Å². The van der Waals surface area contributed by atoms with E-state index in [9.17, 15) is 4.79 Å². The summed E-state index contributed by atoms with van der Waals surface area (Å²) in [7, 11) is 1.66. The largest absolute Gasteiger partial charge is 0.497 e. The molecule has 1 aliphatic rings. The van der Waals surface area contributed by atoms with Crippen LogP contribution in [0.2, 0.25) is 5.02 Å². The number of nitrogens with zero attached hydrogens (tertiary/aromatic N) is 1.